The van der Waals surface area contributed by atoms with Gasteiger partial charge >= 0.3 is 0 Å². The van der Waals surface area contributed by atoms with E-state index >= 15 is 0 Å². The fraction of sp³-hybridized carbons (Fsp3) is 0.318. The van der Waals surface area contributed by atoms with Crippen LogP contribution < -0.4 is 10.6 Å². The van der Waals surface area contributed by atoms with Crippen molar-refractivity contribution < 1.29 is 4.79 Å². The minimum atomic E-state index is -0.104. The summed E-state index contributed by atoms with van der Waals surface area (Å²) in [7, 11) is 5.80. The molecule has 164 valence electrons. The van der Waals surface area contributed by atoms with E-state index in [4.69, 9.17) is 23.2 Å². The molecular formula is C22H25Cl2N5OS. The van der Waals surface area contributed by atoms with E-state index in [1.165, 1.54) is 11.3 Å². The normalized spacial score (nSPS) is 12.1. The summed E-state index contributed by atoms with van der Waals surface area (Å²) in [6.45, 7) is 0.847. The van der Waals surface area contributed by atoms with Gasteiger partial charge in [-0.3, -0.25) is 4.79 Å². The Morgan fingerprint density at radius 1 is 1.19 bits per heavy atom. The summed E-state index contributed by atoms with van der Waals surface area (Å²) in [5.74, 6) is 0.438. The van der Waals surface area contributed by atoms with E-state index in [2.05, 4.69) is 25.5 Å². The van der Waals surface area contributed by atoms with Gasteiger partial charge in [0.15, 0.2) is 0 Å². The molecule has 3 aromatic rings. The Morgan fingerprint density at radius 2 is 2.00 bits per heavy atom. The van der Waals surface area contributed by atoms with Crippen molar-refractivity contribution in [2.45, 2.75) is 18.9 Å². The van der Waals surface area contributed by atoms with Gasteiger partial charge in [-0.15, -0.1) is 11.3 Å². The second kappa shape index (κ2) is 10.9. The molecule has 9 heteroatoms. The standard InChI is InChI=1S/C22H25Cl2N5OS/c1-25-22-26-10-8-18(28-22)19-6-7-20(31-19)21(30)27-16(9-11-29(2)3)12-14-4-5-15(23)13-17(14)24/h4-8,10,13,16H,9,11-12H2,1-3H3,(H,27,30)(H,25,26,28). The van der Waals surface area contributed by atoms with Crippen molar-refractivity contribution in [3.8, 4) is 10.6 Å². The van der Waals surface area contributed by atoms with Gasteiger partial charge in [-0.05, 0) is 69.4 Å². The fourth-order valence-corrected chi connectivity index (χ4v) is 4.43. The van der Waals surface area contributed by atoms with Crippen LogP contribution in [0.3, 0.4) is 0 Å². The number of hydrogen-bond donors (Lipinski definition) is 2. The molecule has 1 amide bonds. The van der Waals surface area contributed by atoms with E-state index in [1.807, 2.05) is 44.4 Å². The monoisotopic (exact) mass is 477 g/mol. The molecule has 0 fully saturated rings. The van der Waals surface area contributed by atoms with Gasteiger partial charge in [0.1, 0.15) is 0 Å². The van der Waals surface area contributed by atoms with Crippen LogP contribution in [0.15, 0.2) is 42.6 Å². The highest BCUT2D eigenvalue weighted by molar-refractivity contribution is 7.17. The maximum Gasteiger partial charge on any atom is 0.261 e. The molecule has 0 spiro atoms. The Balaban J connectivity index is 1.74. The van der Waals surface area contributed by atoms with Gasteiger partial charge in [0.2, 0.25) is 5.95 Å². The van der Waals surface area contributed by atoms with Crippen molar-refractivity contribution in [1.82, 2.24) is 20.2 Å². The van der Waals surface area contributed by atoms with Crippen LogP contribution in [-0.2, 0) is 6.42 Å². The molecular weight excluding hydrogens is 453 g/mol. The number of anilines is 1. The molecule has 1 unspecified atom stereocenters. The van der Waals surface area contributed by atoms with Crippen molar-refractivity contribution in [2.24, 2.45) is 0 Å². The molecule has 1 atom stereocenters. The molecule has 0 bridgehead atoms. The lowest BCUT2D eigenvalue weighted by molar-refractivity contribution is 0.0937. The Morgan fingerprint density at radius 3 is 2.71 bits per heavy atom. The Hall–Kier alpha value is -2.19. The Labute approximate surface area is 196 Å². The van der Waals surface area contributed by atoms with Crippen LogP contribution in [0, 0.1) is 0 Å². The first kappa shape index (κ1) is 23.5. The number of benzene rings is 1. The van der Waals surface area contributed by atoms with Crippen LogP contribution in [0.1, 0.15) is 21.7 Å². The summed E-state index contributed by atoms with van der Waals surface area (Å²) < 4.78 is 0. The van der Waals surface area contributed by atoms with Crippen LogP contribution in [-0.4, -0.2) is 54.5 Å². The average molecular weight is 478 g/mol. The first-order valence-electron chi connectivity index (χ1n) is 9.86. The van der Waals surface area contributed by atoms with Gasteiger partial charge in [-0.1, -0.05) is 29.3 Å². The SMILES string of the molecule is CNc1nccc(-c2ccc(C(=O)NC(CCN(C)C)Cc3ccc(Cl)cc3Cl)s2)n1. The molecule has 2 N–H and O–H groups in total. The highest BCUT2D eigenvalue weighted by Gasteiger charge is 2.18. The van der Waals surface area contributed by atoms with Crippen LogP contribution >= 0.6 is 34.5 Å². The first-order chi connectivity index (χ1) is 14.9. The summed E-state index contributed by atoms with van der Waals surface area (Å²) >= 11 is 13.8. The maximum atomic E-state index is 13.0. The quantitative estimate of drug-likeness (QED) is 0.460. The predicted octanol–water partition coefficient (Wildman–Crippen LogP) is 4.85. The number of nitrogens with zero attached hydrogens (tertiary/aromatic N) is 3. The van der Waals surface area contributed by atoms with Crippen LogP contribution in [0.4, 0.5) is 5.95 Å². The molecule has 0 saturated carbocycles. The van der Waals surface area contributed by atoms with Crippen LogP contribution in [0.25, 0.3) is 10.6 Å². The molecule has 0 saturated heterocycles. The van der Waals surface area contributed by atoms with Gasteiger partial charge < -0.3 is 15.5 Å². The third-order valence-electron chi connectivity index (χ3n) is 4.70. The Bertz CT molecular complexity index is 1040. The van der Waals surface area contributed by atoms with E-state index in [0.717, 1.165) is 29.1 Å². The van der Waals surface area contributed by atoms with Gasteiger partial charge in [0.05, 0.1) is 15.4 Å². The second-order valence-corrected chi connectivity index (χ2v) is 9.31. The van der Waals surface area contributed by atoms with Crippen molar-refractivity contribution in [3.05, 3.63) is 63.1 Å². The highest BCUT2D eigenvalue weighted by Crippen LogP contribution is 2.27. The van der Waals surface area contributed by atoms with Gasteiger partial charge in [-0.2, -0.15) is 0 Å². The number of halogens is 2. The minimum Gasteiger partial charge on any atom is -0.357 e. The molecule has 0 radical (unpaired) electrons. The lowest BCUT2D eigenvalue weighted by Gasteiger charge is -2.21. The minimum absolute atomic E-state index is 0.0610. The van der Waals surface area contributed by atoms with Crippen molar-refractivity contribution in [1.29, 1.82) is 0 Å². The molecule has 0 aliphatic rings. The van der Waals surface area contributed by atoms with Crippen LogP contribution in [0.5, 0.6) is 0 Å². The summed E-state index contributed by atoms with van der Waals surface area (Å²) in [6.07, 6.45) is 3.12. The number of carbonyl (C=O) groups is 1. The lowest BCUT2D eigenvalue weighted by Crippen LogP contribution is -2.38. The van der Waals surface area contributed by atoms with Crippen LogP contribution in [0.2, 0.25) is 10.0 Å². The third kappa shape index (κ3) is 6.64. The number of thiophene rings is 1. The molecule has 6 nitrogen and oxygen atoms in total. The second-order valence-electron chi connectivity index (χ2n) is 7.38. The summed E-state index contributed by atoms with van der Waals surface area (Å²) in [4.78, 5) is 25.2. The van der Waals surface area contributed by atoms with E-state index < -0.39 is 0 Å². The number of aromatic nitrogens is 2. The summed E-state index contributed by atoms with van der Waals surface area (Å²) in [5, 5.41) is 7.31. The molecule has 3 rings (SSSR count). The smallest absolute Gasteiger partial charge is 0.261 e. The van der Waals surface area contributed by atoms with Gasteiger partial charge in [-0.25, -0.2) is 9.97 Å². The third-order valence-corrected chi connectivity index (χ3v) is 6.40. The average Bonchev–Trinajstić information content (AvgIpc) is 3.24. The Kier molecular flexibility index (Phi) is 8.26. The topological polar surface area (TPSA) is 70.2 Å². The number of carbonyl (C=O) groups excluding carboxylic acids is 1. The van der Waals surface area contributed by atoms with Gasteiger partial charge in [0.25, 0.3) is 5.91 Å². The molecule has 0 aliphatic heterocycles. The molecule has 0 aliphatic carbocycles. The zero-order valence-electron chi connectivity index (χ0n) is 17.7. The van der Waals surface area contributed by atoms with E-state index in [9.17, 15) is 4.79 Å². The van der Waals surface area contributed by atoms with Crippen molar-refractivity contribution in [3.63, 3.8) is 0 Å². The molecule has 2 heterocycles. The zero-order valence-corrected chi connectivity index (χ0v) is 20.0. The highest BCUT2D eigenvalue weighted by atomic mass is 35.5. The maximum absolute atomic E-state index is 13.0. The first-order valence-corrected chi connectivity index (χ1v) is 11.4. The van der Waals surface area contributed by atoms with E-state index in [0.29, 0.717) is 27.3 Å². The molecule has 31 heavy (non-hydrogen) atoms. The summed E-state index contributed by atoms with van der Waals surface area (Å²) in [6, 6.07) is 11.0. The van der Waals surface area contributed by atoms with Crippen molar-refractivity contribution in [2.75, 3.05) is 33.0 Å². The van der Waals surface area contributed by atoms with E-state index in [1.54, 1.807) is 19.3 Å². The largest absolute Gasteiger partial charge is 0.357 e. The lowest BCUT2D eigenvalue weighted by atomic mass is 10.0. The fourth-order valence-electron chi connectivity index (χ4n) is 3.06. The van der Waals surface area contributed by atoms with Crippen molar-refractivity contribution >= 4 is 46.4 Å². The van der Waals surface area contributed by atoms with Gasteiger partial charge in [0, 0.05) is 29.3 Å². The number of nitrogens with one attached hydrogen (secondary N) is 2. The van der Waals surface area contributed by atoms with E-state index in [-0.39, 0.29) is 11.9 Å². The predicted molar refractivity (Wildman–Crippen MR) is 129 cm³/mol. The number of rotatable bonds is 9. The zero-order chi connectivity index (χ0) is 22.4. The number of amides is 1. The molecule has 2 aromatic heterocycles. The number of hydrogen-bond acceptors (Lipinski definition) is 6. The summed E-state index contributed by atoms with van der Waals surface area (Å²) in [5.41, 5.74) is 1.74. The molecule has 1 aromatic carbocycles.